The number of pyridine rings is 1. The zero-order chi connectivity index (χ0) is 13.9. The van der Waals surface area contributed by atoms with Gasteiger partial charge in [-0.2, -0.15) is 0 Å². The fourth-order valence-corrected chi connectivity index (χ4v) is 3.47. The van der Waals surface area contributed by atoms with Crippen molar-refractivity contribution in [3.05, 3.63) is 53.3 Å². The summed E-state index contributed by atoms with van der Waals surface area (Å²) in [5.41, 5.74) is 3.64. The molecule has 0 aliphatic rings. The summed E-state index contributed by atoms with van der Waals surface area (Å²) in [6.45, 7) is 2.17. The number of rotatable bonds is 0. The molecule has 3 heteroatoms. The standard InChI is InChI=1S/C17H13ClN2/c1-10-12-6-4-3-5-11(12)9-13-15-14(20(2)16(10)13)7-8-19-17(15)18/h3-9H,1-2H3. The molecule has 0 saturated carbocycles. The molecule has 2 heterocycles. The molecule has 0 bridgehead atoms. The van der Waals surface area contributed by atoms with Crippen molar-refractivity contribution in [2.75, 3.05) is 0 Å². The van der Waals surface area contributed by atoms with Crippen molar-refractivity contribution in [2.45, 2.75) is 6.92 Å². The Bertz CT molecular complexity index is 983. The molecule has 2 aromatic carbocycles. The molecule has 0 fully saturated rings. The summed E-state index contributed by atoms with van der Waals surface area (Å²) in [4.78, 5) is 4.23. The lowest BCUT2D eigenvalue weighted by Crippen LogP contribution is -1.90. The number of benzene rings is 2. The fourth-order valence-electron chi connectivity index (χ4n) is 3.22. The molecule has 2 aromatic heterocycles. The molecule has 0 aliphatic heterocycles. The molecular weight excluding hydrogens is 268 g/mol. The Labute approximate surface area is 121 Å². The predicted octanol–water partition coefficient (Wildman–Crippen LogP) is 4.84. The van der Waals surface area contributed by atoms with Crippen molar-refractivity contribution in [2.24, 2.45) is 7.05 Å². The number of nitrogens with zero attached hydrogens (tertiary/aromatic N) is 2. The predicted molar refractivity (Wildman–Crippen MR) is 85.5 cm³/mol. The van der Waals surface area contributed by atoms with E-state index in [0.29, 0.717) is 5.15 Å². The van der Waals surface area contributed by atoms with Gasteiger partial charge in [-0.25, -0.2) is 4.98 Å². The van der Waals surface area contributed by atoms with E-state index in [1.807, 2.05) is 6.07 Å². The van der Waals surface area contributed by atoms with Crippen LogP contribution in [0.4, 0.5) is 0 Å². The average molecular weight is 281 g/mol. The fraction of sp³-hybridized carbons (Fsp3) is 0.118. The van der Waals surface area contributed by atoms with Crippen LogP contribution in [0.5, 0.6) is 0 Å². The number of halogens is 1. The van der Waals surface area contributed by atoms with E-state index in [1.54, 1.807) is 6.20 Å². The number of hydrogen-bond acceptors (Lipinski definition) is 1. The molecule has 4 aromatic rings. The molecule has 0 N–H and O–H groups in total. The van der Waals surface area contributed by atoms with Gasteiger partial charge in [0.05, 0.1) is 11.0 Å². The Balaban J connectivity index is 2.39. The van der Waals surface area contributed by atoms with Crippen LogP contribution in [0, 0.1) is 6.92 Å². The Morgan fingerprint density at radius 1 is 1.10 bits per heavy atom. The number of fused-ring (bicyclic) bond motifs is 4. The molecule has 0 aliphatic carbocycles. The summed E-state index contributed by atoms with van der Waals surface area (Å²) in [5.74, 6) is 0. The van der Waals surface area contributed by atoms with Crippen molar-refractivity contribution >= 4 is 44.2 Å². The maximum atomic E-state index is 6.33. The van der Waals surface area contributed by atoms with E-state index in [-0.39, 0.29) is 0 Å². The van der Waals surface area contributed by atoms with Gasteiger partial charge in [0.1, 0.15) is 5.15 Å². The normalized spacial score (nSPS) is 11.8. The Hall–Kier alpha value is -2.06. The minimum absolute atomic E-state index is 0.572. The number of aromatic nitrogens is 2. The summed E-state index contributed by atoms with van der Waals surface area (Å²) in [6.07, 6.45) is 1.76. The largest absolute Gasteiger partial charge is 0.343 e. The van der Waals surface area contributed by atoms with Gasteiger partial charge in [0, 0.05) is 24.0 Å². The minimum Gasteiger partial charge on any atom is -0.343 e. The molecule has 0 atom stereocenters. The van der Waals surface area contributed by atoms with Gasteiger partial charge in [0.15, 0.2) is 0 Å². The van der Waals surface area contributed by atoms with Crippen molar-refractivity contribution in [1.82, 2.24) is 9.55 Å². The SMILES string of the molecule is Cc1c2ccccc2cc2c3c(Cl)nccc3n(C)c12. The van der Waals surface area contributed by atoms with Gasteiger partial charge in [-0.3, -0.25) is 0 Å². The first kappa shape index (κ1) is 11.7. The van der Waals surface area contributed by atoms with Crippen LogP contribution in [0.2, 0.25) is 5.15 Å². The first-order valence-electron chi connectivity index (χ1n) is 6.59. The molecule has 4 rings (SSSR count). The number of hydrogen-bond donors (Lipinski definition) is 0. The zero-order valence-electron chi connectivity index (χ0n) is 11.3. The second-order valence-electron chi connectivity index (χ2n) is 5.17. The van der Waals surface area contributed by atoms with E-state index in [2.05, 4.69) is 53.9 Å². The second kappa shape index (κ2) is 3.97. The van der Waals surface area contributed by atoms with E-state index < -0.39 is 0 Å². The summed E-state index contributed by atoms with van der Waals surface area (Å²) in [6, 6.07) is 12.7. The van der Waals surface area contributed by atoms with Crippen LogP contribution in [0.1, 0.15) is 5.56 Å². The van der Waals surface area contributed by atoms with Gasteiger partial charge in [-0.15, -0.1) is 0 Å². The van der Waals surface area contributed by atoms with Crippen LogP contribution < -0.4 is 0 Å². The van der Waals surface area contributed by atoms with Crippen LogP contribution in [-0.2, 0) is 7.05 Å². The smallest absolute Gasteiger partial charge is 0.138 e. The van der Waals surface area contributed by atoms with Crippen LogP contribution in [0.15, 0.2) is 42.6 Å². The van der Waals surface area contributed by atoms with E-state index in [4.69, 9.17) is 11.6 Å². The lowest BCUT2D eigenvalue weighted by atomic mass is 10.0. The number of aryl methyl sites for hydroxylation is 2. The van der Waals surface area contributed by atoms with E-state index in [1.165, 1.54) is 27.2 Å². The van der Waals surface area contributed by atoms with Crippen LogP contribution in [-0.4, -0.2) is 9.55 Å². The van der Waals surface area contributed by atoms with Crippen molar-refractivity contribution in [1.29, 1.82) is 0 Å². The van der Waals surface area contributed by atoms with Crippen molar-refractivity contribution < 1.29 is 0 Å². The first-order valence-corrected chi connectivity index (χ1v) is 6.97. The topological polar surface area (TPSA) is 17.8 Å². The monoisotopic (exact) mass is 280 g/mol. The van der Waals surface area contributed by atoms with Gasteiger partial charge < -0.3 is 4.57 Å². The van der Waals surface area contributed by atoms with Crippen LogP contribution >= 0.6 is 11.6 Å². The minimum atomic E-state index is 0.572. The molecule has 2 nitrogen and oxygen atoms in total. The highest BCUT2D eigenvalue weighted by molar-refractivity contribution is 6.37. The maximum absolute atomic E-state index is 6.33. The lowest BCUT2D eigenvalue weighted by Gasteiger charge is -2.06. The quantitative estimate of drug-likeness (QED) is 0.421. The molecule has 0 saturated heterocycles. The maximum Gasteiger partial charge on any atom is 0.138 e. The summed E-state index contributed by atoms with van der Waals surface area (Å²) in [5, 5.41) is 5.32. The van der Waals surface area contributed by atoms with E-state index >= 15 is 0 Å². The van der Waals surface area contributed by atoms with Crippen LogP contribution in [0.3, 0.4) is 0 Å². The van der Waals surface area contributed by atoms with Crippen LogP contribution in [0.25, 0.3) is 32.6 Å². The summed E-state index contributed by atoms with van der Waals surface area (Å²) < 4.78 is 2.21. The molecule has 0 radical (unpaired) electrons. The Morgan fingerprint density at radius 2 is 1.90 bits per heavy atom. The first-order chi connectivity index (χ1) is 9.68. The molecule has 0 amide bonds. The summed E-state index contributed by atoms with van der Waals surface area (Å²) >= 11 is 6.33. The van der Waals surface area contributed by atoms with Crippen molar-refractivity contribution in [3.63, 3.8) is 0 Å². The lowest BCUT2D eigenvalue weighted by molar-refractivity contribution is 1.01. The average Bonchev–Trinajstić information content (AvgIpc) is 2.74. The molecule has 0 spiro atoms. The molecule has 20 heavy (non-hydrogen) atoms. The van der Waals surface area contributed by atoms with E-state index in [0.717, 1.165) is 10.9 Å². The second-order valence-corrected chi connectivity index (χ2v) is 5.53. The Kier molecular flexibility index (Phi) is 2.33. The molecule has 0 unspecified atom stereocenters. The van der Waals surface area contributed by atoms with E-state index in [9.17, 15) is 0 Å². The molecular formula is C17H13ClN2. The highest BCUT2D eigenvalue weighted by Gasteiger charge is 2.15. The molecule has 98 valence electrons. The van der Waals surface area contributed by atoms with Gasteiger partial charge in [0.25, 0.3) is 0 Å². The van der Waals surface area contributed by atoms with Gasteiger partial charge in [-0.05, 0) is 35.4 Å². The highest BCUT2D eigenvalue weighted by atomic mass is 35.5. The van der Waals surface area contributed by atoms with Crippen molar-refractivity contribution in [3.8, 4) is 0 Å². The third kappa shape index (κ3) is 1.37. The van der Waals surface area contributed by atoms with Gasteiger partial charge >= 0.3 is 0 Å². The zero-order valence-corrected chi connectivity index (χ0v) is 12.1. The highest BCUT2D eigenvalue weighted by Crippen LogP contribution is 2.37. The summed E-state index contributed by atoms with van der Waals surface area (Å²) in [7, 11) is 2.09. The Morgan fingerprint density at radius 3 is 2.75 bits per heavy atom. The van der Waals surface area contributed by atoms with Gasteiger partial charge in [-0.1, -0.05) is 35.9 Å². The van der Waals surface area contributed by atoms with Gasteiger partial charge in [0.2, 0.25) is 0 Å². The third-order valence-electron chi connectivity index (χ3n) is 4.12. The third-order valence-corrected chi connectivity index (χ3v) is 4.41.